The summed E-state index contributed by atoms with van der Waals surface area (Å²) in [5, 5.41) is 7.83. The molecular formula is C17H25N3OS. The Labute approximate surface area is 135 Å². The Balaban J connectivity index is 1.88. The Morgan fingerprint density at radius 1 is 1.32 bits per heavy atom. The quantitative estimate of drug-likeness (QED) is 0.759. The molecule has 1 aromatic heterocycles. The Morgan fingerprint density at radius 3 is 2.82 bits per heavy atom. The molecule has 0 aliphatic rings. The zero-order valence-corrected chi connectivity index (χ0v) is 14.5. The number of aromatic nitrogens is 1. The van der Waals surface area contributed by atoms with Crippen molar-refractivity contribution in [2.45, 2.75) is 32.6 Å². The van der Waals surface area contributed by atoms with E-state index >= 15 is 0 Å². The van der Waals surface area contributed by atoms with Gasteiger partial charge >= 0.3 is 4.87 Å². The van der Waals surface area contributed by atoms with Crippen LogP contribution in [0.1, 0.15) is 31.7 Å². The third kappa shape index (κ3) is 4.27. The molecule has 0 radical (unpaired) electrons. The number of benzene rings is 1. The first kappa shape index (κ1) is 16.9. The minimum absolute atomic E-state index is 0.0960. The van der Waals surface area contributed by atoms with Gasteiger partial charge in [0.1, 0.15) is 0 Å². The monoisotopic (exact) mass is 319 g/mol. The molecule has 0 bridgehead atoms. The molecule has 1 heterocycles. The van der Waals surface area contributed by atoms with E-state index in [4.69, 9.17) is 5.41 Å². The number of nitrogens with one attached hydrogen (secondary N) is 1. The molecule has 2 aromatic rings. The molecule has 0 spiro atoms. The van der Waals surface area contributed by atoms with Crippen molar-refractivity contribution in [2.24, 2.45) is 7.05 Å². The summed E-state index contributed by atoms with van der Waals surface area (Å²) in [6.07, 6.45) is 3.81. The van der Waals surface area contributed by atoms with Crippen molar-refractivity contribution in [3.05, 3.63) is 33.4 Å². The van der Waals surface area contributed by atoms with Gasteiger partial charge in [-0.1, -0.05) is 30.7 Å². The van der Waals surface area contributed by atoms with E-state index in [2.05, 4.69) is 31.0 Å². The van der Waals surface area contributed by atoms with E-state index in [-0.39, 0.29) is 4.87 Å². The Morgan fingerprint density at radius 2 is 2.09 bits per heavy atom. The van der Waals surface area contributed by atoms with E-state index in [0.717, 1.165) is 54.7 Å². The molecule has 120 valence electrons. The second-order valence-electron chi connectivity index (χ2n) is 5.89. The van der Waals surface area contributed by atoms with Crippen LogP contribution in [0.2, 0.25) is 0 Å². The van der Waals surface area contributed by atoms with E-state index in [1.807, 2.05) is 13.1 Å². The van der Waals surface area contributed by atoms with Crippen LogP contribution >= 0.6 is 11.3 Å². The van der Waals surface area contributed by atoms with Crippen LogP contribution in [0.5, 0.6) is 0 Å². The highest BCUT2D eigenvalue weighted by molar-refractivity contribution is 7.16. The van der Waals surface area contributed by atoms with Gasteiger partial charge in [0, 0.05) is 25.8 Å². The number of rotatable bonds is 8. The molecule has 0 fully saturated rings. The smallest absolute Gasteiger partial charge is 0.307 e. The Hall–Kier alpha value is -1.46. The summed E-state index contributed by atoms with van der Waals surface area (Å²) in [5.41, 5.74) is 3.13. The van der Waals surface area contributed by atoms with Gasteiger partial charge in [0.25, 0.3) is 0 Å². The fourth-order valence-corrected chi connectivity index (χ4v) is 3.46. The molecule has 22 heavy (non-hydrogen) atoms. The van der Waals surface area contributed by atoms with Crippen LogP contribution in [-0.2, 0) is 13.5 Å². The maximum atomic E-state index is 11.7. The molecule has 0 amide bonds. The van der Waals surface area contributed by atoms with Gasteiger partial charge in [-0.15, -0.1) is 0 Å². The summed E-state index contributed by atoms with van der Waals surface area (Å²) in [7, 11) is 3.93. The highest BCUT2D eigenvalue weighted by Crippen LogP contribution is 2.18. The van der Waals surface area contributed by atoms with Crippen LogP contribution in [0.25, 0.3) is 10.2 Å². The van der Waals surface area contributed by atoms with Crippen molar-refractivity contribution >= 4 is 27.3 Å². The molecule has 1 aromatic carbocycles. The minimum atomic E-state index is 0.0960. The fourth-order valence-electron chi connectivity index (χ4n) is 2.52. The van der Waals surface area contributed by atoms with Crippen molar-refractivity contribution in [1.29, 1.82) is 5.41 Å². The lowest BCUT2D eigenvalue weighted by molar-refractivity contribution is 0.348. The van der Waals surface area contributed by atoms with Crippen molar-refractivity contribution in [3.63, 3.8) is 0 Å². The van der Waals surface area contributed by atoms with Gasteiger partial charge in [0.2, 0.25) is 0 Å². The van der Waals surface area contributed by atoms with Crippen LogP contribution in [0.4, 0.5) is 0 Å². The third-order valence-electron chi connectivity index (χ3n) is 3.99. The van der Waals surface area contributed by atoms with Gasteiger partial charge in [0.15, 0.2) is 0 Å². The van der Waals surface area contributed by atoms with E-state index in [0.29, 0.717) is 0 Å². The Kier molecular flexibility index (Phi) is 5.91. The lowest BCUT2D eigenvalue weighted by Gasteiger charge is -2.16. The van der Waals surface area contributed by atoms with Gasteiger partial charge in [-0.05, 0) is 44.0 Å². The van der Waals surface area contributed by atoms with E-state index in [9.17, 15) is 4.79 Å². The molecule has 0 aliphatic heterocycles. The first-order valence-corrected chi connectivity index (χ1v) is 8.66. The van der Waals surface area contributed by atoms with E-state index < -0.39 is 0 Å². The number of aryl methyl sites for hydroxylation is 1. The van der Waals surface area contributed by atoms with Crippen LogP contribution in [0, 0.1) is 5.41 Å². The van der Waals surface area contributed by atoms with Crippen molar-refractivity contribution in [1.82, 2.24) is 9.47 Å². The lowest BCUT2D eigenvalue weighted by atomic mass is 10.1. The summed E-state index contributed by atoms with van der Waals surface area (Å²) in [5.74, 6) is 0. The molecule has 0 unspecified atom stereocenters. The maximum absolute atomic E-state index is 11.7. The normalized spacial score (nSPS) is 11.5. The first-order chi connectivity index (χ1) is 10.5. The average molecular weight is 319 g/mol. The molecule has 4 nitrogen and oxygen atoms in total. The molecule has 0 aliphatic carbocycles. The van der Waals surface area contributed by atoms with Crippen LogP contribution in [0.3, 0.4) is 0 Å². The van der Waals surface area contributed by atoms with E-state index in [1.165, 1.54) is 16.9 Å². The van der Waals surface area contributed by atoms with Gasteiger partial charge in [-0.3, -0.25) is 4.79 Å². The molecule has 0 atom stereocenters. The maximum Gasteiger partial charge on any atom is 0.307 e. The summed E-state index contributed by atoms with van der Waals surface area (Å²) < 4.78 is 2.77. The van der Waals surface area contributed by atoms with Crippen LogP contribution < -0.4 is 4.87 Å². The molecule has 0 saturated heterocycles. The van der Waals surface area contributed by atoms with E-state index in [1.54, 1.807) is 4.57 Å². The van der Waals surface area contributed by atoms with Crippen molar-refractivity contribution in [2.75, 3.05) is 20.1 Å². The summed E-state index contributed by atoms with van der Waals surface area (Å²) in [6.45, 7) is 4.04. The second-order valence-corrected chi connectivity index (χ2v) is 6.88. The zero-order chi connectivity index (χ0) is 16.1. The highest BCUT2D eigenvalue weighted by Gasteiger charge is 2.06. The van der Waals surface area contributed by atoms with Gasteiger partial charge < -0.3 is 14.9 Å². The molecule has 1 N–H and O–H groups in total. The zero-order valence-electron chi connectivity index (χ0n) is 13.7. The highest BCUT2D eigenvalue weighted by atomic mass is 32.1. The summed E-state index contributed by atoms with van der Waals surface area (Å²) >= 11 is 1.31. The van der Waals surface area contributed by atoms with Gasteiger partial charge in [-0.2, -0.15) is 0 Å². The van der Waals surface area contributed by atoms with Gasteiger partial charge in [-0.25, -0.2) is 0 Å². The van der Waals surface area contributed by atoms with Gasteiger partial charge in [0.05, 0.1) is 10.2 Å². The minimum Gasteiger partial charge on any atom is -0.310 e. The third-order valence-corrected chi connectivity index (χ3v) is 4.98. The molecule has 0 saturated carbocycles. The Bertz CT molecular complexity index is 701. The number of nitrogens with zero attached hydrogens (tertiary/aromatic N) is 2. The summed E-state index contributed by atoms with van der Waals surface area (Å²) in [4.78, 5) is 14.0. The molecule has 5 heteroatoms. The van der Waals surface area contributed by atoms with Crippen molar-refractivity contribution in [3.8, 4) is 0 Å². The predicted molar refractivity (Wildman–Crippen MR) is 95.5 cm³/mol. The molecule has 2 rings (SSSR count). The SMILES string of the molecule is CCCC(=N)CCN(C)CCc1ccc2c(c1)sc(=O)n2C. The average Bonchev–Trinajstić information content (AvgIpc) is 2.78. The number of fused-ring (bicyclic) bond motifs is 1. The predicted octanol–water partition coefficient (Wildman–Crippen LogP) is 3.28. The number of likely N-dealkylation sites (N-methyl/N-ethyl adjacent to an activating group) is 1. The molecular weight excluding hydrogens is 294 g/mol. The fraction of sp³-hybridized carbons (Fsp3) is 0.529. The number of hydrogen-bond donors (Lipinski definition) is 1. The van der Waals surface area contributed by atoms with Crippen molar-refractivity contribution < 1.29 is 0 Å². The topological polar surface area (TPSA) is 49.1 Å². The van der Waals surface area contributed by atoms with Crippen LogP contribution in [0.15, 0.2) is 23.0 Å². The standard InChI is InChI=1S/C17H25N3OS/c1-4-5-14(18)9-11-19(2)10-8-13-6-7-15-16(12-13)22-17(21)20(15)3/h6-7,12,18H,4-5,8-11H2,1-3H3. The second kappa shape index (κ2) is 7.70. The number of hydrogen-bond acceptors (Lipinski definition) is 4. The largest absolute Gasteiger partial charge is 0.310 e. The first-order valence-electron chi connectivity index (χ1n) is 7.84. The number of thiazole rings is 1. The lowest BCUT2D eigenvalue weighted by Crippen LogP contribution is -2.24. The van der Waals surface area contributed by atoms with Crippen LogP contribution in [-0.4, -0.2) is 35.3 Å². The summed E-state index contributed by atoms with van der Waals surface area (Å²) in [6, 6.07) is 6.29.